The Balaban J connectivity index is 1.78. The van der Waals surface area contributed by atoms with Crippen molar-refractivity contribution in [2.45, 2.75) is 12.7 Å². The average Bonchev–Trinajstić information content (AvgIpc) is 3.11. The van der Waals surface area contributed by atoms with Gasteiger partial charge in [-0.05, 0) is 23.8 Å². The molecule has 0 radical (unpaired) electrons. The number of nitrogens with zero attached hydrogens (tertiary/aromatic N) is 3. The van der Waals surface area contributed by atoms with E-state index in [1.165, 1.54) is 18.3 Å². The van der Waals surface area contributed by atoms with Crippen LogP contribution in [0.2, 0.25) is 0 Å². The number of hydrogen-bond acceptors (Lipinski definition) is 5. The Morgan fingerprint density at radius 3 is 2.69 bits per heavy atom. The Kier molecular flexibility index (Phi) is 5.03. The van der Waals surface area contributed by atoms with E-state index in [-0.39, 0.29) is 10.4 Å². The molecule has 134 valence electrons. The lowest BCUT2D eigenvalue weighted by molar-refractivity contribution is -0.137. The summed E-state index contributed by atoms with van der Waals surface area (Å²) in [5, 5.41) is 0.601. The number of anilines is 1. The molecule has 0 bridgehead atoms. The van der Waals surface area contributed by atoms with Crippen LogP contribution in [0.25, 0.3) is 0 Å². The van der Waals surface area contributed by atoms with Gasteiger partial charge in [0.1, 0.15) is 0 Å². The first kappa shape index (κ1) is 18.1. The molecule has 0 unspecified atom stereocenters. The van der Waals surface area contributed by atoms with Crippen LogP contribution >= 0.6 is 11.3 Å². The lowest BCUT2D eigenvalue weighted by Gasteiger charge is -2.15. The van der Waals surface area contributed by atoms with Crippen molar-refractivity contribution in [1.29, 1.82) is 0 Å². The van der Waals surface area contributed by atoms with Crippen LogP contribution in [0, 0.1) is 0 Å². The molecule has 0 saturated carbocycles. The molecule has 2 heterocycles. The largest absolute Gasteiger partial charge is 0.416 e. The average molecular weight is 377 g/mol. The zero-order valence-corrected chi connectivity index (χ0v) is 14.5. The Bertz CT molecular complexity index is 909. The highest BCUT2D eigenvalue weighted by atomic mass is 32.1. The molecule has 3 aromatic rings. The van der Waals surface area contributed by atoms with Gasteiger partial charge in [-0.1, -0.05) is 29.5 Å². The summed E-state index contributed by atoms with van der Waals surface area (Å²) in [5.74, 6) is -0.477. The quantitative estimate of drug-likeness (QED) is 0.618. The van der Waals surface area contributed by atoms with E-state index in [0.29, 0.717) is 11.7 Å². The Morgan fingerprint density at radius 2 is 2.00 bits per heavy atom. The normalized spacial score (nSPS) is 11.4. The molecule has 0 spiro atoms. The maximum atomic E-state index is 12.8. The zero-order valence-electron chi connectivity index (χ0n) is 13.7. The van der Waals surface area contributed by atoms with E-state index in [0.717, 1.165) is 29.0 Å². The van der Waals surface area contributed by atoms with Gasteiger partial charge in [-0.3, -0.25) is 9.78 Å². The van der Waals surface area contributed by atoms with Gasteiger partial charge in [-0.25, -0.2) is 4.98 Å². The SMILES string of the molecule is CN(Cc1cccnc1)c1ncc(C(=O)c2cccc(C(F)(F)F)c2)s1. The van der Waals surface area contributed by atoms with Crippen molar-refractivity contribution in [2.75, 3.05) is 11.9 Å². The third kappa shape index (κ3) is 4.08. The monoisotopic (exact) mass is 377 g/mol. The van der Waals surface area contributed by atoms with Gasteiger partial charge >= 0.3 is 6.18 Å². The second kappa shape index (κ2) is 7.25. The summed E-state index contributed by atoms with van der Waals surface area (Å²) in [6.07, 6.45) is 0.318. The summed E-state index contributed by atoms with van der Waals surface area (Å²) < 4.78 is 38.5. The molecule has 2 aromatic heterocycles. The molecule has 0 aliphatic rings. The van der Waals surface area contributed by atoms with Gasteiger partial charge in [0.2, 0.25) is 5.78 Å². The molecule has 3 rings (SSSR count). The van der Waals surface area contributed by atoms with Crippen molar-refractivity contribution in [3.8, 4) is 0 Å². The summed E-state index contributed by atoms with van der Waals surface area (Å²) in [7, 11) is 1.82. The molecule has 0 N–H and O–H groups in total. The first-order valence-electron chi connectivity index (χ1n) is 7.62. The van der Waals surface area contributed by atoms with E-state index < -0.39 is 17.5 Å². The van der Waals surface area contributed by atoms with Gasteiger partial charge in [0.15, 0.2) is 5.13 Å². The standard InChI is InChI=1S/C18H14F3N3OS/c1-24(11-12-4-3-7-22-9-12)17-23-10-15(26-17)16(25)13-5-2-6-14(8-13)18(19,20)21/h2-10H,11H2,1H3. The molecule has 0 aliphatic carbocycles. The number of alkyl halides is 3. The number of rotatable bonds is 5. The Labute approximate surface area is 152 Å². The molecular weight excluding hydrogens is 363 g/mol. The highest BCUT2D eigenvalue weighted by molar-refractivity contribution is 7.17. The number of carbonyl (C=O) groups excluding carboxylic acids is 1. The maximum Gasteiger partial charge on any atom is 0.416 e. The van der Waals surface area contributed by atoms with E-state index >= 15 is 0 Å². The molecule has 4 nitrogen and oxygen atoms in total. The van der Waals surface area contributed by atoms with E-state index in [4.69, 9.17) is 0 Å². The molecule has 26 heavy (non-hydrogen) atoms. The number of benzene rings is 1. The van der Waals surface area contributed by atoms with Crippen molar-refractivity contribution in [2.24, 2.45) is 0 Å². The lowest BCUT2D eigenvalue weighted by atomic mass is 10.1. The number of thiazole rings is 1. The first-order chi connectivity index (χ1) is 12.3. The smallest absolute Gasteiger partial charge is 0.347 e. The predicted octanol–water partition coefficient (Wildman–Crippen LogP) is 4.42. The number of aromatic nitrogens is 2. The maximum absolute atomic E-state index is 12.8. The van der Waals surface area contributed by atoms with Gasteiger partial charge in [-0.2, -0.15) is 13.2 Å². The van der Waals surface area contributed by atoms with Crippen LogP contribution < -0.4 is 4.90 Å². The third-order valence-corrected chi connectivity index (χ3v) is 4.75. The second-order valence-electron chi connectivity index (χ2n) is 5.63. The number of halogens is 3. The fraction of sp³-hybridized carbons (Fsp3) is 0.167. The van der Waals surface area contributed by atoms with Crippen LogP contribution in [-0.4, -0.2) is 22.8 Å². The molecule has 1 aromatic carbocycles. The highest BCUT2D eigenvalue weighted by Crippen LogP contribution is 2.31. The fourth-order valence-electron chi connectivity index (χ4n) is 2.36. The molecular formula is C18H14F3N3OS. The van der Waals surface area contributed by atoms with Crippen LogP contribution in [0.15, 0.2) is 55.0 Å². The van der Waals surface area contributed by atoms with Crippen molar-refractivity contribution in [3.05, 3.63) is 76.6 Å². The van der Waals surface area contributed by atoms with Crippen molar-refractivity contribution in [3.63, 3.8) is 0 Å². The fourth-order valence-corrected chi connectivity index (χ4v) is 3.20. The minimum Gasteiger partial charge on any atom is -0.347 e. The van der Waals surface area contributed by atoms with Crippen LogP contribution in [0.3, 0.4) is 0 Å². The molecule has 0 aliphatic heterocycles. The van der Waals surface area contributed by atoms with Gasteiger partial charge < -0.3 is 4.90 Å². The molecule has 0 amide bonds. The summed E-state index contributed by atoms with van der Waals surface area (Å²) in [5.41, 5.74) is 0.127. The molecule has 0 fully saturated rings. The topological polar surface area (TPSA) is 46.1 Å². The highest BCUT2D eigenvalue weighted by Gasteiger charge is 2.31. The summed E-state index contributed by atoms with van der Waals surface area (Å²) in [6.45, 7) is 0.554. The minimum absolute atomic E-state index is 0.00932. The van der Waals surface area contributed by atoms with Crippen molar-refractivity contribution >= 4 is 22.3 Å². The number of pyridine rings is 1. The summed E-state index contributed by atoms with van der Waals surface area (Å²) in [4.78, 5) is 22.9. The molecule has 8 heteroatoms. The Hall–Kier alpha value is -2.74. The van der Waals surface area contributed by atoms with Crippen LogP contribution in [0.4, 0.5) is 18.3 Å². The van der Waals surface area contributed by atoms with Crippen LogP contribution in [0.1, 0.15) is 26.4 Å². The molecule has 0 atom stereocenters. The second-order valence-corrected chi connectivity index (χ2v) is 6.64. The van der Waals surface area contributed by atoms with E-state index in [9.17, 15) is 18.0 Å². The lowest BCUT2D eigenvalue weighted by Crippen LogP contribution is -2.15. The van der Waals surface area contributed by atoms with Crippen molar-refractivity contribution < 1.29 is 18.0 Å². The minimum atomic E-state index is -4.49. The van der Waals surface area contributed by atoms with Gasteiger partial charge in [0.05, 0.1) is 16.6 Å². The summed E-state index contributed by atoms with van der Waals surface area (Å²) in [6, 6.07) is 8.15. The van der Waals surface area contributed by atoms with E-state index in [2.05, 4.69) is 9.97 Å². The Morgan fingerprint density at radius 1 is 1.19 bits per heavy atom. The van der Waals surface area contributed by atoms with Gasteiger partial charge in [0.25, 0.3) is 0 Å². The molecule has 0 saturated heterocycles. The van der Waals surface area contributed by atoms with E-state index in [1.54, 1.807) is 12.4 Å². The van der Waals surface area contributed by atoms with Gasteiger partial charge in [0, 0.05) is 31.5 Å². The zero-order chi connectivity index (χ0) is 18.7. The third-order valence-electron chi connectivity index (χ3n) is 3.64. The summed E-state index contributed by atoms with van der Waals surface area (Å²) >= 11 is 1.14. The van der Waals surface area contributed by atoms with Gasteiger partial charge in [-0.15, -0.1) is 0 Å². The number of ketones is 1. The van der Waals surface area contributed by atoms with Crippen LogP contribution in [0.5, 0.6) is 0 Å². The number of hydrogen-bond donors (Lipinski definition) is 0. The van der Waals surface area contributed by atoms with Crippen LogP contribution in [-0.2, 0) is 12.7 Å². The van der Waals surface area contributed by atoms with Crippen molar-refractivity contribution in [1.82, 2.24) is 9.97 Å². The number of carbonyl (C=O) groups is 1. The predicted molar refractivity (Wildman–Crippen MR) is 93.3 cm³/mol. The first-order valence-corrected chi connectivity index (χ1v) is 8.44. The van der Waals surface area contributed by atoms with E-state index in [1.807, 2.05) is 24.1 Å².